The third kappa shape index (κ3) is 4.74. The van der Waals surface area contributed by atoms with Gasteiger partial charge in [-0.3, -0.25) is 4.98 Å². The molecule has 2 rings (SSSR count). The third-order valence-corrected chi connectivity index (χ3v) is 4.91. The predicted molar refractivity (Wildman–Crippen MR) is 106 cm³/mol. The van der Waals surface area contributed by atoms with E-state index in [9.17, 15) is 0 Å². The molecule has 0 radical (unpaired) electrons. The van der Waals surface area contributed by atoms with Gasteiger partial charge in [-0.1, -0.05) is 57.5 Å². The number of ether oxygens (including phenoxy) is 1. The second-order valence-electron chi connectivity index (χ2n) is 7.48. The van der Waals surface area contributed by atoms with Crippen molar-refractivity contribution in [3.05, 3.63) is 57.9 Å². The van der Waals surface area contributed by atoms with Gasteiger partial charge in [-0.25, -0.2) is 0 Å². The first-order chi connectivity index (χ1) is 11.8. The van der Waals surface area contributed by atoms with Gasteiger partial charge in [0, 0.05) is 13.3 Å². The molecule has 2 aromatic rings. The first kappa shape index (κ1) is 19.7. The van der Waals surface area contributed by atoms with E-state index < -0.39 is 0 Å². The van der Waals surface area contributed by atoms with Crippen molar-refractivity contribution in [2.75, 3.05) is 12.4 Å². The maximum Gasteiger partial charge on any atom is 0.0900 e. The molecule has 0 bridgehead atoms. The molecule has 3 nitrogen and oxygen atoms in total. The van der Waals surface area contributed by atoms with E-state index >= 15 is 0 Å². The fraction of sp³-hybridized carbons (Fsp3) is 0.476. The van der Waals surface area contributed by atoms with Crippen LogP contribution < -0.4 is 5.32 Å². The Bertz CT molecular complexity index is 722. The van der Waals surface area contributed by atoms with Crippen LogP contribution in [-0.4, -0.2) is 12.1 Å². The minimum atomic E-state index is 0.155. The Labute approximate surface area is 156 Å². The molecule has 0 saturated heterocycles. The average molecular weight is 361 g/mol. The zero-order valence-corrected chi connectivity index (χ0v) is 16.9. The monoisotopic (exact) mass is 360 g/mol. The number of anilines is 1. The Morgan fingerprint density at radius 2 is 1.96 bits per heavy atom. The highest BCUT2D eigenvalue weighted by Crippen LogP contribution is 2.32. The summed E-state index contributed by atoms with van der Waals surface area (Å²) in [5.41, 5.74) is 5.76. The molecule has 0 amide bonds. The molecule has 1 N–H and O–H groups in total. The van der Waals surface area contributed by atoms with Crippen molar-refractivity contribution >= 4 is 17.3 Å². The Morgan fingerprint density at radius 3 is 2.52 bits per heavy atom. The Balaban J connectivity index is 2.31. The topological polar surface area (TPSA) is 34.2 Å². The van der Waals surface area contributed by atoms with E-state index in [4.69, 9.17) is 16.3 Å². The molecule has 0 fully saturated rings. The minimum Gasteiger partial charge on any atom is -0.378 e. The number of nitrogens with zero attached hydrogens (tertiary/aromatic N) is 1. The van der Waals surface area contributed by atoms with E-state index in [0.717, 1.165) is 17.8 Å². The second kappa shape index (κ2) is 8.20. The molecule has 1 aromatic heterocycles. The summed E-state index contributed by atoms with van der Waals surface area (Å²) in [7, 11) is 1.65. The molecule has 0 aliphatic carbocycles. The summed E-state index contributed by atoms with van der Waals surface area (Å²) in [4.78, 5) is 4.29. The van der Waals surface area contributed by atoms with Gasteiger partial charge in [0.1, 0.15) is 0 Å². The van der Waals surface area contributed by atoms with Gasteiger partial charge in [0.2, 0.25) is 0 Å². The molecule has 0 aliphatic rings. The number of aryl methyl sites for hydroxylation is 1. The fourth-order valence-electron chi connectivity index (χ4n) is 2.96. The molecule has 1 heterocycles. The summed E-state index contributed by atoms with van der Waals surface area (Å²) >= 11 is 6.50. The lowest BCUT2D eigenvalue weighted by atomic mass is 9.84. The summed E-state index contributed by atoms with van der Waals surface area (Å²) in [5.74, 6) is 0. The van der Waals surface area contributed by atoms with Gasteiger partial charge in [-0.2, -0.15) is 0 Å². The van der Waals surface area contributed by atoms with E-state index in [1.807, 2.05) is 6.07 Å². The number of halogens is 1. The lowest BCUT2D eigenvalue weighted by Crippen LogP contribution is -2.15. The van der Waals surface area contributed by atoms with Gasteiger partial charge < -0.3 is 10.1 Å². The summed E-state index contributed by atoms with van der Waals surface area (Å²) < 4.78 is 5.17. The number of nitrogens with one attached hydrogen (secondary N) is 1. The number of benzene rings is 1. The Morgan fingerprint density at radius 1 is 1.24 bits per heavy atom. The number of hydrogen-bond acceptors (Lipinski definition) is 3. The highest BCUT2D eigenvalue weighted by molar-refractivity contribution is 6.33. The molecule has 4 heteroatoms. The van der Waals surface area contributed by atoms with Crippen LogP contribution in [0.5, 0.6) is 0 Å². The van der Waals surface area contributed by atoms with E-state index in [1.165, 1.54) is 16.7 Å². The molecule has 0 saturated carbocycles. The minimum absolute atomic E-state index is 0.155. The van der Waals surface area contributed by atoms with Gasteiger partial charge in [0.05, 0.1) is 29.1 Å². The SMILES string of the molecule is CCC(Nc1ccnc(COC)c1Cl)c1ccc(C(C)(C)C)cc1C. The second-order valence-corrected chi connectivity index (χ2v) is 7.86. The first-order valence-corrected chi connectivity index (χ1v) is 9.15. The standard InChI is InChI=1S/C21H29ClN2O/c1-7-17(16-9-8-15(12-14(16)2)21(3,4)5)24-18-10-11-23-19(13-25-6)20(18)22/h8-12,17H,7,13H2,1-6H3,(H,23,24). The maximum atomic E-state index is 6.50. The van der Waals surface area contributed by atoms with Crippen LogP contribution in [0.15, 0.2) is 30.5 Å². The van der Waals surface area contributed by atoms with Gasteiger partial charge in [-0.05, 0) is 41.5 Å². The highest BCUT2D eigenvalue weighted by Gasteiger charge is 2.18. The number of pyridine rings is 1. The van der Waals surface area contributed by atoms with Crippen molar-refractivity contribution in [1.82, 2.24) is 4.98 Å². The molecule has 25 heavy (non-hydrogen) atoms. The zero-order chi connectivity index (χ0) is 18.6. The summed E-state index contributed by atoms with van der Waals surface area (Å²) in [6, 6.07) is 8.89. The molecule has 0 aliphatic heterocycles. The lowest BCUT2D eigenvalue weighted by molar-refractivity contribution is 0.181. The number of methoxy groups -OCH3 is 1. The number of aromatic nitrogens is 1. The lowest BCUT2D eigenvalue weighted by Gasteiger charge is -2.25. The number of hydrogen-bond donors (Lipinski definition) is 1. The molecular weight excluding hydrogens is 332 g/mol. The normalized spacial score (nSPS) is 12.9. The van der Waals surface area contributed by atoms with Crippen LogP contribution in [0, 0.1) is 6.92 Å². The smallest absolute Gasteiger partial charge is 0.0900 e. The van der Waals surface area contributed by atoms with Crippen LogP contribution in [0.1, 0.15) is 62.5 Å². The fourth-order valence-corrected chi connectivity index (χ4v) is 3.18. The predicted octanol–water partition coefficient (Wildman–Crippen LogP) is 6.05. The van der Waals surface area contributed by atoms with E-state index in [1.54, 1.807) is 13.3 Å². The zero-order valence-electron chi connectivity index (χ0n) is 16.1. The Kier molecular flexibility index (Phi) is 6.47. The molecule has 1 unspecified atom stereocenters. The van der Waals surface area contributed by atoms with Crippen molar-refractivity contribution in [1.29, 1.82) is 0 Å². The van der Waals surface area contributed by atoms with Crippen molar-refractivity contribution in [2.45, 2.75) is 59.1 Å². The Hall–Kier alpha value is -1.58. The maximum absolute atomic E-state index is 6.50. The summed E-state index contributed by atoms with van der Waals surface area (Å²) in [6.07, 6.45) is 2.73. The largest absolute Gasteiger partial charge is 0.378 e. The first-order valence-electron chi connectivity index (χ1n) is 8.77. The quantitative estimate of drug-likeness (QED) is 0.680. The van der Waals surface area contributed by atoms with Crippen LogP contribution in [0.3, 0.4) is 0 Å². The molecular formula is C21H29ClN2O. The van der Waals surface area contributed by atoms with Crippen LogP contribution in [0.2, 0.25) is 5.02 Å². The molecule has 0 spiro atoms. The molecule has 1 atom stereocenters. The van der Waals surface area contributed by atoms with Gasteiger partial charge in [0.25, 0.3) is 0 Å². The van der Waals surface area contributed by atoms with Gasteiger partial charge >= 0.3 is 0 Å². The summed E-state index contributed by atoms with van der Waals surface area (Å²) in [5, 5.41) is 4.21. The van der Waals surface area contributed by atoms with Crippen molar-refractivity contribution in [3.8, 4) is 0 Å². The highest BCUT2D eigenvalue weighted by atomic mass is 35.5. The van der Waals surface area contributed by atoms with E-state index in [-0.39, 0.29) is 11.5 Å². The van der Waals surface area contributed by atoms with Crippen LogP contribution in [0.4, 0.5) is 5.69 Å². The number of rotatable bonds is 6. The van der Waals surface area contributed by atoms with E-state index in [0.29, 0.717) is 11.6 Å². The van der Waals surface area contributed by atoms with Crippen molar-refractivity contribution in [3.63, 3.8) is 0 Å². The van der Waals surface area contributed by atoms with Crippen LogP contribution in [-0.2, 0) is 16.8 Å². The van der Waals surface area contributed by atoms with Crippen molar-refractivity contribution < 1.29 is 4.74 Å². The molecule has 1 aromatic carbocycles. The average Bonchev–Trinajstić information content (AvgIpc) is 2.55. The van der Waals surface area contributed by atoms with Gasteiger partial charge in [0.15, 0.2) is 0 Å². The van der Waals surface area contributed by atoms with Crippen LogP contribution in [0.25, 0.3) is 0 Å². The third-order valence-electron chi connectivity index (χ3n) is 4.49. The molecule has 136 valence electrons. The summed E-state index contributed by atoms with van der Waals surface area (Å²) in [6.45, 7) is 11.5. The van der Waals surface area contributed by atoms with Gasteiger partial charge in [-0.15, -0.1) is 0 Å². The van der Waals surface area contributed by atoms with Crippen molar-refractivity contribution in [2.24, 2.45) is 0 Å². The van der Waals surface area contributed by atoms with Crippen LogP contribution >= 0.6 is 11.6 Å². The van der Waals surface area contributed by atoms with E-state index in [2.05, 4.69) is 63.1 Å².